The third-order valence-electron chi connectivity index (χ3n) is 2.30. The molecule has 4 nitrogen and oxygen atoms in total. The van der Waals surface area contributed by atoms with Crippen LogP contribution in [0.15, 0.2) is 24.3 Å². The highest BCUT2D eigenvalue weighted by Gasteiger charge is 2.22. The summed E-state index contributed by atoms with van der Waals surface area (Å²) >= 11 is 0. The number of benzene rings is 1. The van der Waals surface area contributed by atoms with Gasteiger partial charge in [-0.3, -0.25) is 10.1 Å². The first-order valence-corrected chi connectivity index (χ1v) is 5.23. The molecule has 0 atom stereocenters. The number of fused-ring (bicyclic) bond motifs is 1. The third-order valence-corrected chi connectivity index (χ3v) is 2.30. The summed E-state index contributed by atoms with van der Waals surface area (Å²) in [6.07, 6.45) is 0. The first-order chi connectivity index (χ1) is 7.47. The number of hydrogen-bond donors (Lipinski definition) is 2. The fraction of sp³-hybridized carbons (Fsp3) is 0.333. The Balaban J connectivity index is 2.25. The predicted molar refractivity (Wildman–Crippen MR) is 64.2 cm³/mol. The van der Waals surface area contributed by atoms with Crippen LogP contribution < -0.4 is 5.32 Å². The number of nitrogens with one attached hydrogen (secondary N) is 2. The second-order valence-electron chi connectivity index (χ2n) is 4.81. The van der Waals surface area contributed by atoms with E-state index in [9.17, 15) is 4.79 Å². The monoisotopic (exact) mass is 217 g/mol. The highest BCUT2D eigenvalue weighted by Crippen LogP contribution is 2.18. The van der Waals surface area contributed by atoms with Gasteiger partial charge in [-0.15, -0.1) is 0 Å². The quantitative estimate of drug-likeness (QED) is 0.771. The van der Waals surface area contributed by atoms with Crippen molar-refractivity contribution < 1.29 is 4.79 Å². The maximum atomic E-state index is 11.7. The van der Waals surface area contributed by atoms with Crippen LogP contribution in [-0.4, -0.2) is 15.9 Å². The van der Waals surface area contributed by atoms with Crippen LogP contribution in [0.1, 0.15) is 20.8 Å². The Morgan fingerprint density at radius 3 is 2.62 bits per heavy atom. The van der Waals surface area contributed by atoms with Crippen LogP contribution in [0.3, 0.4) is 0 Å². The van der Waals surface area contributed by atoms with Crippen molar-refractivity contribution in [1.29, 1.82) is 0 Å². The largest absolute Gasteiger partial charge is 0.324 e. The molecule has 0 saturated heterocycles. The van der Waals surface area contributed by atoms with E-state index in [0.717, 1.165) is 11.0 Å². The van der Waals surface area contributed by atoms with Gasteiger partial charge in [-0.05, 0) is 12.1 Å². The van der Waals surface area contributed by atoms with Gasteiger partial charge in [0, 0.05) is 5.41 Å². The lowest BCUT2D eigenvalue weighted by atomic mass is 9.96. The number of H-pyrrole nitrogens is 1. The molecule has 2 N–H and O–H groups in total. The van der Waals surface area contributed by atoms with Gasteiger partial charge in [0.1, 0.15) is 0 Å². The van der Waals surface area contributed by atoms with Gasteiger partial charge in [-0.25, -0.2) is 4.98 Å². The van der Waals surface area contributed by atoms with Crippen molar-refractivity contribution in [3.8, 4) is 0 Å². The highest BCUT2D eigenvalue weighted by atomic mass is 16.2. The molecule has 1 aromatic carbocycles. The Bertz CT molecular complexity index is 489. The number of para-hydroxylation sites is 2. The number of aromatic nitrogens is 2. The fourth-order valence-electron chi connectivity index (χ4n) is 1.31. The maximum Gasteiger partial charge on any atom is 0.232 e. The van der Waals surface area contributed by atoms with Crippen LogP contribution in [0.2, 0.25) is 0 Å². The molecule has 4 heteroatoms. The summed E-state index contributed by atoms with van der Waals surface area (Å²) < 4.78 is 0. The topological polar surface area (TPSA) is 57.8 Å². The average molecular weight is 217 g/mol. The van der Waals surface area contributed by atoms with Crippen LogP contribution in [-0.2, 0) is 4.79 Å². The summed E-state index contributed by atoms with van der Waals surface area (Å²) in [7, 11) is 0. The molecule has 0 aliphatic rings. The van der Waals surface area contributed by atoms with Gasteiger partial charge >= 0.3 is 0 Å². The lowest BCUT2D eigenvalue weighted by Crippen LogP contribution is -2.28. The second-order valence-corrected chi connectivity index (χ2v) is 4.81. The van der Waals surface area contributed by atoms with Gasteiger partial charge in [0.2, 0.25) is 11.9 Å². The minimum Gasteiger partial charge on any atom is -0.324 e. The molecular formula is C12H15N3O. The number of nitrogens with zero attached hydrogens (tertiary/aromatic N) is 1. The van der Waals surface area contributed by atoms with E-state index in [1.807, 2.05) is 45.0 Å². The van der Waals surface area contributed by atoms with Crippen molar-refractivity contribution in [3.05, 3.63) is 24.3 Å². The minimum absolute atomic E-state index is 0.0495. The molecule has 2 aromatic rings. The van der Waals surface area contributed by atoms with Crippen LogP contribution in [0.25, 0.3) is 11.0 Å². The predicted octanol–water partition coefficient (Wildman–Crippen LogP) is 2.55. The molecule has 0 bridgehead atoms. The molecule has 0 radical (unpaired) electrons. The van der Waals surface area contributed by atoms with Gasteiger partial charge in [0.15, 0.2) is 0 Å². The number of hydrogen-bond acceptors (Lipinski definition) is 2. The number of carbonyl (C=O) groups is 1. The summed E-state index contributed by atoms with van der Waals surface area (Å²) in [5, 5.41) is 2.77. The van der Waals surface area contributed by atoms with Crippen molar-refractivity contribution in [2.24, 2.45) is 5.41 Å². The molecule has 2 rings (SSSR count). The Labute approximate surface area is 94.1 Å². The highest BCUT2D eigenvalue weighted by molar-refractivity contribution is 5.94. The zero-order valence-corrected chi connectivity index (χ0v) is 9.66. The number of imidazole rings is 1. The van der Waals surface area contributed by atoms with Crippen molar-refractivity contribution in [3.63, 3.8) is 0 Å². The number of aromatic amines is 1. The van der Waals surface area contributed by atoms with Crippen molar-refractivity contribution in [2.45, 2.75) is 20.8 Å². The smallest absolute Gasteiger partial charge is 0.232 e. The molecule has 0 unspecified atom stereocenters. The van der Waals surface area contributed by atoms with E-state index in [1.54, 1.807) is 0 Å². The molecule has 0 aliphatic heterocycles. The van der Waals surface area contributed by atoms with Crippen molar-refractivity contribution in [1.82, 2.24) is 9.97 Å². The van der Waals surface area contributed by atoms with Gasteiger partial charge in [-0.2, -0.15) is 0 Å². The standard InChI is InChI=1S/C12H15N3O/c1-12(2,3)10(16)15-11-13-8-6-4-5-7-9(8)14-11/h4-7H,1-3H3,(H2,13,14,15,16). The van der Waals surface area contributed by atoms with Gasteiger partial charge in [0.05, 0.1) is 11.0 Å². The molecule has 1 aromatic heterocycles. The number of anilines is 1. The van der Waals surface area contributed by atoms with E-state index in [4.69, 9.17) is 0 Å². The molecule has 84 valence electrons. The van der Waals surface area contributed by atoms with Gasteiger partial charge < -0.3 is 4.98 Å². The Morgan fingerprint density at radius 2 is 2.00 bits per heavy atom. The Morgan fingerprint density at radius 1 is 1.31 bits per heavy atom. The zero-order valence-electron chi connectivity index (χ0n) is 9.66. The molecule has 16 heavy (non-hydrogen) atoms. The van der Waals surface area contributed by atoms with E-state index in [1.165, 1.54) is 0 Å². The first-order valence-electron chi connectivity index (χ1n) is 5.23. The van der Waals surface area contributed by atoms with Crippen molar-refractivity contribution in [2.75, 3.05) is 5.32 Å². The molecule has 0 aliphatic carbocycles. The van der Waals surface area contributed by atoms with Crippen LogP contribution >= 0.6 is 0 Å². The number of rotatable bonds is 1. The molecule has 0 fully saturated rings. The Kier molecular flexibility index (Phi) is 2.42. The summed E-state index contributed by atoms with van der Waals surface area (Å²) in [5.41, 5.74) is 1.36. The van der Waals surface area contributed by atoms with Gasteiger partial charge in [0.25, 0.3) is 0 Å². The Hall–Kier alpha value is -1.84. The summed E-state index contributed by atoms with van der Waals surface area (Å²) in [4.78, 5) is 19.1. The normalized spacial score (nSPS) is 11.7. The van der Waals surface area contributed by atoms with E-state index in [-0.39, 0.29) is 5.91 Å². The van der Waals surface area contributed by atoms with E-state index >= 15 is 0 Å². The van der Waals surface area contributed by atoms with E-state index in [0.29, 0.717) is 5.95 Å². The molecule has 1 amide bonds. The minimum atomic E-state index is -0.418. The third kappa shape index (κ3) is 2.05. The van der Waals surface area contributed by atoms with Crippen LogP contribution in [0, 0.1) is 5.41 Å². The van der Waals surface area contributed by atoms with E-state index < -0.39 is 5.41 Å². The van der Waals surface area contributed by atoms with Gasteiger partial charge in [-0.1, -0.05) is 32.9 Å². The summed E-state index contributed by atoms with van der Waals surface area (Å²) in [6.45, 7) is 5.60. The second kappa shape index (κ2) is 3.63. The van der Waals surface area contributed by atoms with E-state index in [2.05, 4.69) is 15.3 Å². The molecule has 0 saturated carbocycles. The zero-order chi connectivity index (χ0) is 11.8. The lowest BCUT2D eigenvalue weighted by Gasteiger charge is -2.15. The molecular weight excluding hydrogens is 202 g/mol. The SMILES string of the molecule is CC(C)(C)C(=O)Nc1nc2ccccc2[nH]1. The first kappa shape index (κ1) is 10.7. The summed E-state index contributed by atoms with van der Waals surface area (Å²) in [6, 6.07) is 7.67. The van der Waals surface area contributed by atoms with Crippen molar-refractivity contribution >= 4 is 22.9 Å². The summed E-state index contributed by atoms with van der Waals surface area (Å²) in [5.74, 6) is 0.452. The van der Waals surface area contributed by atoms with Crippen LogP contribution in [0.5, 0.6) is 0 Å². The molecule has 0 spiro atoms. The van der Waals surface area contributed by atoms with Crippen LogP contribution in [0.4, 0.5) is 5.95 Å². The lowest BCUT2D eigenvalue weighted by molar-refractivity contribution is -0.123. The average Bonchev–Trinajstić information content (AvgIpc) is 2.58. The number of amides is 1. The fourth-order valence-corrected chi connectivity index (χ4v) is 1.31. The molecule has 1 heterocycles. The number of carbonyl (C=O) groups excluding carboxylic acids is 1. The maximum absolute atomic E-state index is 11.7.